The molecule has 3 aromatic carbocycles. The molecular weight excluding hydrogens is 462 g/mol. The van der Waals surface area contributed by atoms with E-state index in [1.807, 2.05) is 18.2 Å². The molecular formula is C29H30F2N2O3. The second-order valence-electron chi connectivity index (χ2n) is 9.81. The van der Waals surface area contributed by atoms with Crippen LogP contribution >= 0.6 is 0 Å². The largest absolute Gasteiger partial charge is 0.488 e. The maximum Gasteiger partial charge on any atom is 0.293 e. The topological polar surface area (TPSA) is 64.8 Å². The van der Waals surface area contributed by atoms with Gasteiger partial charge < -0.3 is 20.1 Å². The van der Waals surface area contributed by atoms with E-state index in [9.17, 15) is 9.18 Å². The minimum Gasteiger partial charge on any atom is -0.488 e. The molecule has 3 aromatic rings. The molecule has 1 aliphatic carbocycles. The van der Waals surface area contributed by atoms with Gasteiger partial charge in [-0.15, -0.1) is 0 Å². The van der Waals surface area contributed by atoms with Crippen LogP contribution in [0.25, 0.3) is 11.1 Å². The molecule has 1 saturated heterocycles. The molecule has 0 amide bonds. The molecule has 1 aliphatic heterocycles. The van der Waals surface area contributed by atoms with Crippen molar-refractivity contribution in [1.82, 2.24) is 0 Å². The number of hydrogen-bond donors (Lipinski definition) is 1. The standard InChI is InChI=1S/C29H30F2N2O3/c30-24-5-4-22(18-35-19-34)27(15-24)36-17-20-12-23(26-3-1-2-21(16-32)28(26)31)14-25(13-20)33-10-8-29(6-7-29)9-11-33/h1-5,12-15,19H,6-11,16-18,32H2. The molecule has 1 heterocycles. The predicted octanol–water partition coefficient (Wildman–Crippen LogP) is 5.72. The number of ether oxygens (including phenoxy) is 2. The van der Waals surface area contributed by atoms with E-state index in [0.29, 0.717) is 34.3 Å². The van der Waals surface area contributed by atoms with E-state index >= 15 is 4.39 Å². The van der Waals surface area contributed by atoms with Crippen LogP contribution in [0.4, 0.5) is 14.5 Å². The van der Waals surface area contributed by atoms with E-state index in [4.69, 9.17) is 15.2 Å². The third kappa shape index (κ3) is 5.21. The van der Waals surface area contributed by atoms with Crippen LogP contribution in [0, 0.1) is 17.0 Å². The fraction of sp³-hybridized carbons (Fsp3) is 0.345. The maximum atomic E-state index is 15.2. The van der Waals surface area contributed by atoms with Gasteiger partial charge in [-0.2, -0.15) is 0 Å². The van der Waals surface area contributed by atoms with Crippen molar-refractivity contribution in [1.29, 1.82) is 0 Å². The van der Waals surface area contributed by atoms with Gasteiger partial charge in [-0.25, -0.2) is 8.78 Å². The van der Waals surface area contributed by atoms with Crippen LogP contribution in [0.1, 0.15) is 42.4 Å². The van der Waals surface area contributed by atoms with Crippen LogP contribution in [-0.2, 0) is 29.3 Å². The lowest BCUT2D eigenvalue weighted by molar-refractivity contribution is -0.129. The Morgan fingerprint density at radius 3 is 2.47 bits per heavy atom. The number of halogens is 2. The quantitative estimate of drug-likeness (QED) is 0.387. The normalized spacial score (nSPS) is 16.1. The zero-order chi connectivity index (χ0) is 25.1. The first-order valence-corrected chi connectivity index (χ1v) is 12.3. The van der Waals surface area contributed by atoms with Crippen molar-refractivity contribution in [3.8, 4) is 16.9 Å². The molecule has 0 aromatic heterocycles. The summed E-state index contributed by atoms with van der Waals surface area (Å²) in [5.74, 6) is -0.468. The number of rotatable bonds is 9. The Kier molecular flexibility index (Phi) is 6.92. The van der Waals surface area contributed by atoms with Gasteiger partial charge in [0.2, 0.25) is 0 Å². The van der Waals surface area contributed by atoms with Crippen LogP contribution in [-0.4, -0.2) is 19.6 Å². The molecule has 0 unspecified atom stereocenters. The predicted molar refractivity (Wildman–Crippen MR) is 134 cm³/mol. The number of hydrogen-bond acceptors (Lipinski definition) is 5. The van der Waals surface area contributed by atoms with Crippen LogP contribution in [0.2, 0.25) is 0 Å². The smallest absolute Gasteiger partial charge is 0.293 e. The van der Waals surface area contributed by atoms with E-state index in [2.05, 4.69) is 11.0 Å². The van der Waals surface area contributed by atoms with Crippen LogP contribution in [0.5, 0.6) is 5.75 Å². The second-order valence-corrected chi connectivity index (χ2v) is 9.81. The first-order chi connectivity index (χ1) is 17.5. The Labute approximate surface area is 209 Å². The van der Waals surface area contributed by atoms with Gasteiger partial charge >= 0.3 is 0 Å². The number of piperidine rings is 1. The Hall–Kier alpha value is -3.45. The number of nitrogens with two attached hydrogens (primary N) is 1. The number of carbonyl (C=O) groups excluding carboxylic acids is 1. The molecule has 2 fully saturated rings. The monoisotopic (exact) mass is 492 g/mol. The number of carbonyl (C=O) groups is 1. The number of anilines is 1. The molecule has 2 aliphatic rings. The van der Waals surface area contributed by atoms with E-state index in [1.165, 1.54) is 43.9 Å². The molecule has 2 N–H and O–H groups in total. The number of benzene rings is 3. The minimum atomic E-state index is -0.447. The van der Waals surface area contributed by atoms with Crippen molar-refractivity contribution in [2.45, 2.75) is 45.4 Å². The van der Waals surface area contributed by atoms with Gasteiger partial charge in [0.1, 0.15) is 30.6 Å². The molecule has 0 atom stereocenters. The van der Waals surface area contributed by atoms with Gasteiger partial charge in [-0.1, -0.05) is 18.2 Å². The molecule has 1 saturated carbocycles. The van der Waals surface area contributed by atoms with E-state index in [-0.39, 0.29) is 25.6 Å². The van der Waals surface area contributed by atoms with Gasteiger partial charge in [0.15, 0.2) is 0 Å². The fourth-order valence-electron chi connectivity index (χ4n) is 5.04. The third-order valence-corrected chi connectivity index (χ3v) is 7.46. The van der Waals surface area contributed by atoms with Gasteiger partial charge in [0, 0.05) is 48.1 Å². The van der Waals surface area contributed by atoms with Crippen LogP contribution in [0.15, 0.2) is 54.6 Å². The van der Waals surface area contributed by atoms with Crippen molar-refractivity contribution in [3.63, 3.8) is 0 Å². The Morgan fingerprint density at radius 1 is 0.944 bits per heavy atom. The van der Waals surface area contributed by atoms with E-state index < -0.39 is 5.82 Å². The molecule has 36 heavy (non-hydrogen) atoms. The lowest BCUT2D eigenvalue weighted by Crippen LogP contribution is -2.34. The average molecular weight is 493 g/mol. The van der Waals surface area contributed by atoms with E-state index in [0.717, 1.165) is 29.9 Å². The lowest BCUT2D eigenvalue weighted by Gasteiger charge is -2.34. The second kappa shape index (κ2) is 10.3. The van der Waals surface area contributed by atoms with Gasteiger partial charge in [-0.3, -0.25) is 4.79 Å². The molecule has 0 radical (unpaired) electrons. The average Bonchev–Trinajstić information content (AvgIpc) is 3.65. The summed E-state index contributed by atoms with van der Waals surface area (Å²) in [6.07, 6.45) is 4.98. The molecule has 5 rings (SSSR count). The van der Waals surface area contributed by atoms with Crippen LogP contribution < -0.4 is 15.4 Å². The Balaban J connectivity index is 1.46. The summed E-state index contributed by atoms with van der Waals surface area (Å²) in [4.78, 5) is 13.0. The van der Waals surface area contributed by atoms with Crippen molar-refractivity contribution in [2.24, 2.45) is 11.1 Å². The van der Waals surface area contributed by atoms with Gasteiger partial charge in [0.25, 0.3) is 6.47 Å². The zero-order valence-corrected chi connectivity index (χ0v) is 20.1. The van der Waals surface area contributed by atoms with Crippen LogP contribution in [0.3, 0.4) is 0 Å². The van der Waals surface area contributed by atoms with Crippen molar-refractivity contribution >= 4 is 12.2 Å². The molecule has 7 heteroatoms. The van der Waals surface area contributed by atoms with Crippen molar-refractivity contribution in [3.05, 3.63) is 82.9 Å². The first-order valence-electron chi connectivity index (χ1n) is 12.3. The molecule has 0 bridgehead atoms. The Morgan fingerprint density at radius 2 is 1.75 bits per heavy atom. The van der Waals surface area contributed by atoms with Crippen molar-refractivity contribution < 1.29 is 23.0 Å². The summed E-state index contributed by atoms with van der Waals surface area (Å²) in [5, 5.41) is 0. The Bertz CT molecular complexity index is 1250. The van der Waals surface area contributed by atoms with Crippen molar-refractivity contribution in [2.75, 3.05) is 18.0 Å². The van der Waals surface area contributed by atoms with Gasteiger partial charge in [-0.05, 0) is 72.6 Å². The summed E-state index contributed by atoms with van der Waals surface area (Å²) in [6.45, 7) is 2.52. The first kappa shape index (κ1) is 24.3. The summed E-state index contributed by atoms with van der Waals surface area (Å²) in [7, 11) is 0. The molecule has 5 nitrogen and oxygen atoms in total. The molecule has 1 spiro atoms. The van der Waals surface area contributed by atoms with E-state index in [1.54, 1.807) is 12.1 Å². The lowest BCUT2D eigenvalue weighted by atomic mass is 9.92. The highest BCUT2D eigenvalue weighted by molar-refractivity contribution is 5.71. The third-order valence-electron chi connectivity index (χ3n) is 7.46. The summed E-state index contributed by atoms with van der Waals surface area (Å²) in [5.41, 5.74) is 10.4. The zero-order valence-electron chi connectivity index (χ0n) is 20.1. The maximum absolute atomic E-state index is 15.2. The minimum absolute atomic E-state index is 0.0168. The summed E-state index contributed by atoms with van der Waals surface area (Å²) in [6, 6.07) is 15.4. The summed E-state index contributed by atoms with van der Waals surface area (Å²) >= 11 is 0. The van der Waals surface area contributed by atoms with Gasteiger partial charge in [0.05, 0.1) is 0 Å². The highest BCUT2D eigenvalue weighted by Crippen LogP contribution is 2.54. The fourth-order valence-corrected chi connectivity index (χ4v) is 5.04. The number of nitrogens with zero attached hydrogens (tertiary/aromatic N) is 1. The SMILES string of the molecule is NCc1cccc(-c2cc(COc3cc(F)ccc3COC=O)cc(N3CCC4(CC3)CC4)c2)c1F. The molecule has 188 valence electrons. The highest BCUT2D eigenvalue weighted by atomic mass is 19.1. The highest BCUT2D eigenvalue weighted by Gasteiger charge is 2.44. The summed E-state index contributed by atoms with van der Waals surface area (Å²) < 4.78 is 40.0.